The summed E-state index contributed by atoms with van der Waals surface area (Å²) in [6.07, 6.45) is 4.30. The summed E-state index contributed by atoms with van der Waals surface area (Å²) in [4.78, 5) is 16.7. The summed E-state index contributed by atoms with van der Waals surface area (Å²) in [5.41, 5.74) is 1.40. The molecule has 0 saturated carbocycles. The molecule has 1 aromatic rings. The van der Waals surface area contributed by atoms with E-state index in [2.05, 4.69) is 11.1 Å². The van der Waals surface area contributed by atoms with Gasteiger partial charge in [0, 0.05) is 25.7 Å². The second-order valence-electron chi connectivity index (χ2n) is 4.20. The van der Waals surface area contributed by atoms with E-state index in [9.17, 15) is 4.79 Å². The fourth-order valence-electron chi connectivity index (χ4n) is 2.20. The van der Waals surface area contributed by atoms with Crippen LogP contribution in [0.4, 0.5) is 5.69 Å². The highest BCUT2D eigenvalue weighted by molar-refractivity contribution is 5.67. The maximum atomic E-state index is 10.6. The molecule has 17 heavy (non-hydrogen) atoms. The van der Waals surface area contributed by atoms with Crippen molar-refractivity contribution < 1.29 is 9.90 Å². The number of anilines is 1. The standard InChI is InChI=1S/C12H13N3O2/c13-6-10-1-3-14-7-11(10)15-4-2-9(8-15)5-12(16)17/h1,3,7,9H,2,4-5,8H2,(H,16,17). The van der Waals surface area contributed by atoms with Gasteiger partial charge in [0.2, 0.25) is 0 Å². The molecule has 2 rings (SSSR count). The van der Waals surface area contributed by atoms with Crippen LogP contribution in [0.25, 0.3) is 0 Å². The van der Waals surface area contributed by atoms with Crippen molar-refractivity contribution in [3.63, 3.8) is 0 Å². The van der Waals surface area contributed by atoms with Crippen LogP contribution >= 0.6 is 0 Å². The molecule has 1 saturated heterocycles. The molecular formula is C12H13N3O2. The zero-order valence-corrected chi connectivity index (χ0v) is 9.33. The Bertz CT molecular complexity index is 467. The van der Waals surface area contributed by atoms with Crippen molar-refractivity contribution in [2.45, 2.75) is 12.8 Å². The molecule has 0 amide bonds. The first kappa shape index (κ1) is 11.4. The Morgan fingerprint density at radius 2 is 2.53 bits per heavy atom. The lowest BCUT2D eigenvalue weighted by molar-refractivity contribution is -0.137. The van der Waals surface area contributed by atoms with Gasteiger partial charge in [0.05, 0.1) is 17.4 Å². The summed E-state index contributed by atoms with van der Waals surface area (Å²) in [5.74, 6) is -0.595. The number of nitrogens with zero attached hydrogens (tertiary/aromatic N) is 3. The largest absolute Gasteiger partial charge is 0.481 e. The molecular weight excluding hydrogens is 218 g/mol. The van der Waals surface area contributed by atoms with Crippen LogP contribution < -0.4 is 4.90 Å². The van der Waals surface area contributed by atoms with Gasteiger partial charge in [0.1, 0.15) is 6.07 Å². The summed E-state index contributed by atoms with van der Waals surface area (Å²) in [6, 6.07) is 3.81. The van der Waals surface area contributed by atoms with Crippen LogP contribution in [0.5, 0.6) is 0 Å². The topological polar surface area (TPSA) is 77.2 Å². The van der Waals surface area contributed by atoms with Crippen molar-refractivity contribution in [3.8, 4) is 6.07 Å². The van der Waals surface area contributed by atoms with Crippen LogP contribution in [0.3, 0.4) is 0 Å². The third-order valence-corrected chi connectivity index (χ3v) is 3.01. The van der Waals surface area contributed by atoms with Gasteiger partial charge in [-0.3, -0.25) is 9.78 Å². The number of carboxylic acid groups (broad SMARTS) is 1. The number of aromatic nitrogens is 1. The van der Waals surface area contributed by atoms with E-state index in [1.807, 2.05) is 4.90 Å². The molecule has 0 bridgehead atoms. The van der Waals surface area contributed by atoms with Gasteiger partial charge in [-0.05, 0) is 18.4 Å². The molecule has 88 valence electrons. The Hall–Kier alpha value is -2.09. The second kappa shape index (κ2) is 4.83. The van der Waals surface area contributed by atoms with Gasteiger partial charge in [-0.15, -0.1) is 0 Å². The normalized spacial score (nSPS) is 19.0. The van der Waals surface area contributed by atoms with Crippen LogP contribution in [0.15, 0.2) is 18.5 Å². The molecule has 0 aliphatic carbocycles. The summed E-state index contributed by atoms with van der Waals surface area (Å²) in [6.45, 7) is 1.48. The van der Waals surface area contributed by atoms with Gasteiger partial charge < -0.3 is 10.0 Å². The van der Waals surface area contributed by atoms with Crippen molar-refractivity contribution in [1.82, 2.24) is 4.98 Å². The summed E-state index contributed by atoms with van der Waals surface area (Å²) in [7, 11) is 0. The Balaban J connectivity index is 2.10. The van der Waals surface area contributed by atoms with Gasteiger partial charge in [-0.25, -0.2) is 0 Å². The van der Waals surface area contributed by atoms with Crippen molar-refractivity contribution in [1.29, 1.82) is 5.26 Å². The molecule has 1 aliphatic rings. The quantitative estimate of drug-likeness (QED) is 0.847. The first-order valence-corrected chi connectivity index (χ1v) is 5.51. The minimum absolute atomic E-state index is 0.166. The zero-order valence-electron chi connectivity index (χ0n) is 9.33. The highest BCUT2D eigenvalue weighted by Gasteiger charge is 2.25. The molecule has 5 heteroatoms. The van der Waals surface area contributed by atoms with E-state index in [0.717, 1.165) is 18.7 Å². The number of carboxylic acids is 1. The predicted molar refractivity (Wildman–Crippen MR) is 61.5 cm³/mol. The first-order valence-electron chi connectivity index (χ1n) is 5.51. The molecule has 1 atom stereocenters. The lowest BCUT2D eigenvalue weighted by Crippen LogP contribution is -2.21. The summed E-state index contributed by atoms with van der Waals surface area (Å²) < 4.78 is 0. The Morgan fingerprint density at radius 1 is 1.71 bits per heavy atom. The summed E-state index contributed by atoms with van der Waals surface area (Å²) in [5, 5.41) is 17.7. The van der Waals surface area contributed by atoms with E-state index < -0.39 is 5.97 Å². The van der Waals surface area contributed by atoms with E-state index in [-0.39, 0.29) is 12.3 Å². The maximum absolute atomic E-state index is 10.6. The zero-order chi connectivity index (χ0) is 12.3. The fraction of sp³-hybridized carbons (Fsp3) is 0.417. The SMILES string of the molecule is N#Cc1ccncc1N1CCC(CC(=O)O)C1. The van der Waals surface area contributed by atoms with Crippen molar-refractivity contribution in [2.24, 2.45) is 5.92 Å². The number of hydrogen-bond acceptors (Lipinski definition) is 4. The molecule has 1 aliphatic heterocycles. The molecule has 5 nitrogen and oxygen atoms in total. The highest BCUT2D eigenvalue weighted by Crippen LogP contribution is 2.27. The second-order valence-corrected chi connectivity index (χ2v) is 4.20. The molecule has 0 aromatic carbocycles. The number of carbonyl (C=O) groups is 1. The van der Waals surface area contributed by atoms with E-state index in [0.29, 0.717) is 12.1 Å². The van der Waals surface area contributed by atoms with Crippen molar-refractivity contribution >= 4 is 11.7 Å². The molecule has 0 radical (unpaired) electrons. The Morgan fingerprint density at radius 3 is 3.24 bits per heavy atom. The van der Waals surface area contributed by atoms with Crippen LogP contribution in [-0.4, -0.2) is 29.1 Å². The fourth-order valence-corrected chi connectivity index (χ4v) is 2.20. The molecule has 1 unspecified atom stereocenters. The van der Waals surface area contributed by atoms with Gasteiger partial charge in [-0.2, -0.15) is 5.26 Å². The summed E-state index contributed by atoms with van der Waals surface area (Å²) >= 11 is 0. The number of nitriles is 1. The van der Waals surface area contributed by atoms with E-state index >= 15 is 0 Å². The number of aliphatic carboxylic acids is 1. The average molecular weight is 231 g/mol. The smallest absolute Gasteiger partial charge is 0.303 e. The van der Waals surface area contributed by atoms with Gasteiger partial charge in [-0.1, -0.05) is 0 Å². The first-order chi connectivity index (χ1) is 8.20. The monoisotopic (exact) mass is 231 g/mol. The minimum Gasteiger partial charge on any atom is -0.481 e. The van der Waals surface area contributed by atoms with Crippen LogP contribution in [0.2, 0.25) is 0 Å². The predicted octanol–water partition coefficient (Wildman–Crippen LogP) is 1.25. The number of hydrogen-bond donors (Lipinski definition) is 1. The molecule has 1 aromatic heterocycles. The Kier molecular flexibility index (Phi) is 3.24. The van der Waals surface area contributed by atoms with E-state index in [1.165, 1.54) is 0 Å². The maximum Gasteiger partial charge on any atom is 0.303 e. The highest BCUT2D eigenvalue weighted by atomic mass is 16.4. The molecule has 1 N–H and O–H groups in total. The van der Waals surface area contributed by atoms with Gasteiger partial charge in [0.15, 0.2) is 0 Å². The lowest BCUT2D eigenvalue weighted by atomic mass is 10.1. The van der Waals surface area contributed by atoms with E-state index in [4.69, 9.17) is 10.4 Å². The number of rotatable bonds is 3. The van der Waals surface area contributed by atoms with Crippen LogP contribution in [0, 0.1) is 17.2 Å². The number of pyridine rings is 1. The molecule has 2 heterocycles. The van der Waals surface area contributed by atoms with Crippen molar-refractivity contribution in [3.05, 3.63) is 24.0 Å². The minimum atomic E-state index is -0.761. The third kappa shape index (κ3) is 2.53. The third-order valence-electron chi connectivity index (χ3n) is 3.01. The Labute approximate surface area is 99.3 Å². The van der Waals surface area contributed by atoms with Crippen LogP contribution in [0.1, 0.15) is 18.4 Å². The van der Waals surface area contributed by atoms with Crippen molar-refractivity contribution in [2.75, 3.05) is 18.0 Å². The van der Waals surface area contributed by atoms with Crippen LogP contribution in [-0.2, 0) is 4.79 Å². The van der Waals surface area contributed by atoms with Gasteiger partial charge >= 0.3 is 5.97 Å². The lowest BCUT2D eigenvalue weighted by Gasteiger charge is -2.18. The molecule has 1 fully saturated rings. The van der Waals surface area contributed by atoms with Gasteiger partial charge in [0.25, 0.3) is 0 Å². The molecule has 0 spiro atoms. The van der Waals surface area contributed by atoms with E-state index in [1.54, 1.807) is 18.5 Å². The average Bonchev–Trinajstić information content (AvgIpc) is 2.76.